The van der Waals surface area contributed by atoms with Gasteiger partial charge < -0.3 is 4.74 Å². The summed E-state index contributed by atoms with van der Waals surface area (Å²) >= 11 is 0. The van der Waals surface area contributed by atoms with Crippen molar-refractivity contribution in [3.8, 4) is 0 Å². The molecule has 14 heavy (non-hydrogen) atoms. The average molecular weight is 196 g/mol. The van der Waals surface area contributed by atoms with Crippen LogP contribution in [0.5, 0.6) is 0 Å². The lowest BCUT2D eigenvalue weighted by Gasteiger charge is -2.42. The van der Waals surface area contributed by atoms with E-state index in [0.717, 1.165) is 18.7 Å². The first kappa shape index (κ1) is 9.13. The summed E-state index contributed by atoms with van der Waals surface area (Å²) in [6.45, 7) is 8.42. The molecule has 3 rings (SSSR count). The first-order chi connectivity index (χ1) is 6.83. The number of piperazine rings is 1. The van der Waals surface area contributed by atoms with Gasteiger partial charge in [-0.2, -0.15) is 0 Å². The Morgan fingerprint density at radius 1 is 1.36 bits per heavy atom. The van der Waals surface area contributed by atoms with Crippen LogP contribution in [0, 0.1) is 0 Å². The van der Waals surface area contributed by atoms with Gasteiger partial charge in [0.2, 0.25) is 0 Å². The molecule has 80 valence electrons. The van der Waals surface area contributed by atoms with E-state index in [1.807, 2.05) is 0 Å². The van der Waals surface area contributed by atoms with Crippen LogP contribution in [0.15, 0.2) is 0 Å². The van der Waals surface area contributed by atoms with E-state index < -0.39 is 0 Å². The van der Waals surface area contributed by atoms with Crippen LogP contribution < -0.4 is 0 Å². The molecule has 0 bridgehead atoms. The molecular weight excluding hydrogens is 176 g/mol. The number of epoxide rings is 1. The molecule has 3 unspecified atom stereocenters. The largest absolute Gasteiger partial charge is 0.372 e. The average Bonchev–Trinajstić information content (AvgIpc) is 2.85. The molecule has 0 saturated carbocycles. The Bertz CT molecular complexity index is 217. The fourth-order valence-corrected chi connectivity index (χ4v) is 2.94. The van der Waals surface area contributed by atoms with E-state index in [0.29, 0.717) is 6.10 Å². The van der Waals surface area contributed by atoms with Crippen molar-refractivity contribution in [3.05, 3.63) is 0 Å². The van der Waals surface area contributed by atoms with Crippen LogP contribution in [0.25, 0.3) is 0 Å². The standard InChI is InChI=1S/C11H20N2O/c1-9-5-12-4-2-3-10(12)6-13(9)7-11-8-14-11/h9-11H,2-8H2,1H3. The molecule has 0 radical (unpaired) electrons. The van der Waals surface area contributed by atoms with Gasteiger partial charge in [-0.3, -0.25) is 9.80 Å². The molecule has 0 spiro atoms. The van der Waals surface area contributed by atoms with Crippen LogP contribution in [0.2, 0.25) is 0 Å². The first-order valence-corrected chi connectivity index (χ1v) is 5.92. The summed E-state index contributed by atoms with van der Waals surface area (Å²) in [7, 11) is 0. The first-order valence-electron chi connectivity index (χ1n) is 5.92. The van der Waals surface area contributed by atoms with Crippen LogP contribution in [0.1, 0.15) is 19.8 Å². The third-order valence-electron chi connectivity index (χ3n) is 3.91. The van der Waals surface area contributed by atoms with Crippen LogP contribution in [-0.2, 0) is 4.74 Å². The van der Waals surface area contributed by atoms with Gasteiger partial charge in [0.05, 0.1) is 12.7 Å². The third kappa shape index (κ3) is 1.69. The van der Waals surface area contributed by atoms with Crippen molar-refractivity contribution in [2.75, 3.05) is 32.8 Å². The summed E-state index contributed by atoms with van der Waals surface area (Å²) in [4.78, 5) is 5.30. The van der Waals surface area contributed by atoms with Crippen molar-refractivity contribution in [2.24, 2.45) is 0 Å². The van der Waals surface area contributed by atoms with Crippen molar-refractivity contribution in [1.29, 1.82) is 0 Å². The van der Waals surface area contributed by atoms with E-state index in [4.69, 9.17) is 4.74 Å². The Morgan fingerprint density at radius 3 is 3.00 bits per heavy atom. The molecule has 0 aromatic rings. The van der Waals surface area contributed by atoms with E-state index in [-0.39, 0.29) is 0 Å². The van der Waals surface area contributed by atoms with Crippen molar-refractivity contribution in [3.63, 3.8) is 0 Å². The predicted octanol–water partition coefficient (Wildman–Crippen LogP) is 0.554. The Kier molecular flexibility index (Phi) is 2.26. The van der Waals surface area contributed by atoms with Crippen molar-refractivity contribution < 1.29 is 4.74 Å². The quantitative estimate of drug-likeness (QED) is 0.601. The number of ether oxygens (including phenoxy) is 1. The van der Waals surface area contributed by atoms with E-state index in [1.54, 1.807) is 0 Å². The Morgan fingerprint density at radius 2 is 2.21 bits per heavy atom. The summed E-state index contributed by atoms with van der Waals surface area (Å²) < 4.78 is 5.32. The Balaban J connectivity index is 1.61. The molecule has 0 aromatic heterocycles. The van der Waals surface area contributed by atoms with E-state index in [9.17, 15) is 0 Å². The summed E-state index contributed by atoms with van der Waals surface area (Å²) in [5.74, 6) is 0. The molecule has 3 fully saturated rings. The molecule has 3 heteroatoms. The van der Waals surface area contributed by atoms with Gasteiger partial charge in [-0.1, -0.05) is 0 Å². The second-order valence-corrected chi connectivity index (χ2v) is 5.05. The maximum atomic E-state index is 5.32. The van der Waals surface area contributed by atoms with Crippen LogP contribution >= 0.6 is 0 Å². The number of fused-ring (bicyclic) bond motifs is 1. The molecule has 0 aromatic carbocycles. The normalized spacial score (nSPS) is 43.9. The lowest BCUT2D eigenvalue weighted by atomic mass is 10.1. The topological polar surface area (TPSA) is 19.0 Å². The molecule has 3 atom stereocenters. The predicted molar refractivity (Wildman–Crippen MR) is 55.4 cm³/mol. The zero-order valence-electron chi connectivity index (χ0n) is 8.98. The maximum absolute atomic E-state index is 5.32. The molecule has 3 aliphatic heterocycles. The smallest absolute Gasteiger partial charge is 0.0936 e. The zero-order valence-corrected chi connectivity index (χ0v) is 8.98. The molecule has 3 saturated heterocycles. The van der Waals surface area contributed by atoms with Crippen molar-refractivity contribution >= 4 is 0 Å². The number of nitrogens with zero attached hydrogens (tertiary/aromatic N) is 2. The van der Waals surface area contributed by atoms with Crippen LogP contribution in [0.3, 0.4) is 0 Å². The molecule has 0 aliphatic carbocycles. The third-order valence-corrected chi connectivity index (χ3v) is 3.91. The highest BCUT2D eigenvalue weighted by atomic mass is 16.6. The van der Waals surface area contributed by atoms with Gasteiger partial charge in [0.25, 0.3) is 0 Å². The van der Waals surface area contributed by atoms with Gasteiger partial charge in [0, 0.05) is 31.7 Å². The van der Waals surface area contributed by atoms with Crippen LogP contribution in [0.4, 0.5) is 0 Å². The number of rotatable bonds is 2. The molecular formula is C11H20N2O. The minimum Gasteiger partial charge on any atom is -0.372 e. The van der Waals surface area contributed by atoms with E-state index >= 15 is 0 Å². The fourth-order valence-electron chi connectivity index (χ4n) is 2.94. The van der Waals surface area contributed by atoms with Gasteiger partial charge in [0.1, 0.15) is 0 Å². The summed E-state index contributed by atoms with van der Waals surface area (Å²) in [5.41, 5.74) is 0. The van der Waals surface area contributed by atoms with E-state index in [1.165, 1.54) is 39.0 Å². The molecule has 3 aliphatic rings. The summed E-state index contributed by atoms with van der Waals surface area (Å²) in [6.07, 6.45) is 3.38. The lowest BCUT2D eigenvalue weighted by molar-refractivity contribution is 0.0546. The number of hydrogen-bond acceptors (Lipinski definition) is 3. The zero-order chi connectivity index (χ0) is 9.54. The molecule has 3 nitrogen and oxygen atoms in total. The highest BCUT2D eigenvalue weighted by Gasteiger charge is 2.36. The maximum Gasteiger partial charge on any atom is 0.0936 e. The minimum absolute atomic E-state index is 0.561. The molecule has 0 amide bonds. The SMILES string of the molecule is CC1CN2CCCC2CN1CC1CO1. The minimum atomic E-state index is 0.561. The van der Waals surface area contributed by atoms with Gasteiger partial charge in [-0.05, 0) is 26.3 Å². The van der Waals surface area contributed by atoms with Crippen molar-refractivity contribution in [1.82, 2.24) is 9.80 Å². The number of hydrogen-bond donors (Lipinski definition) is 0. The lowest BCUT2D eigenvalue weighted by Crippen LogP contribution is -2.55. The highest BCUT2D eigenvalue weighted by molar-refractivity contribution is 4.92. The second-order valence-electron chi connectivity index (χ2n) is 5.05. The van der Waals surface area contributed by atoms with Gasteiger partial charge in [-0.25, -0.2) is 0 Å². The highest BCUT2D eigenvalue weighted by Crippen LogP contribution is 2.25. The monoisotopic (exact) mass is 196 g/mol. The van der Waals surface area contributed by atoms with Gasteiger partial charge in [0.15, 0.2) is 0 Å². The fraction of sp³-hybridized carbons (Fsp3) is 1.00. The van der Waals surface area contributed by atoms with Gasteiger partial charge in [-0.15, -0.1) is 0 Å². The van der Waals surface area contributed by atoms with Gasteiger partial charge >= 0.3 is 0 Å². The molecule has 0 N–H and O–H groups in total. The Labute approximate surface area is 86.0 Å². The van der Waals surface area contributed by atoms with E-state index in [2.05, 4.69) is 16.7 Å². The van der Waals surface area contributed by atoms with Crippen LogP contribution in [-0.4, -0.2) is 60.8 Å². The second kappa shape index (κ2) is 3.47. The van der Waals surface area contributed by atoms with Crippen molar-refractivity contribution in [2.45, 2.75) is 38.0 Å². The summed E-state index contributed by atoms with van der Waals surface area (Å²) in [6, 6.07) is 1.58. The molecule has 3 heterocycles. The summed E-state index contributed by atoms with van der Waals surface area (Å²) in [5, 5.41) is 0. The Hall–Kier alpha value is -0.120.